The summed E-state index contributed by atoms with van der Waals surface area (Å²) in [5.74, 6) is -1.34. The number of aromatic nitrogens is 1. The first-order valence-corrected chi connectivity index (χ1v) is 9.54. The third-order valence-electron chi connectivity index (χ3n) is 3.61. The molecule has 0 radical (unpaired) electrons. The molecule has 2 heterocycles. The monoisotopic (exact) mass is 413 g/mol. The third-order valence-corrected chi connectivity index (χ3v) is 5.29. The molecule has 0 saturated carbocycles. The second-order valence-corrected chi connectivity index (χ2v) is 7.27. The van der Waals surface area contributed by atoms with E-state index in [0.29, 0.717) is 26.2 Å². The van der Waals surface area contributed by atoms with Gasteiger partial charge in [0.05, 0.1) is 17.0 Å². The maximum absolute atomic E-state index is 13.7. The summed E-state index contributed by atoms with van der Waals surface area (Å²) >= 11 is 13.6. The summed E-state index contributed by atoms with van der Waals surface area (Å²) in [5.41, 5.74) is 2.10. The molecule has 0 spiro atoms. The summed E-state index contributed by atoms with van der Waals surface area (Å²) in [6.45, 7) is 3.82. The van der Waals surface area contributed by atoms with Crippen molar-refractivity contribution in [1.29, 1.82) is 0 Å². The lowest BCUT2D eigenvalue weighted by atomic mass is 10.1. The van der Waals surface area contributed by atoms with Gasteiger partial charge in [0.25, 0.3) is 0 Å². The zero-order valence-electron chi connectivity index (χ0n) is 14.3. The number of hydrogen-bond acceptors (Lipinski definition) is 2. The molecule has 0 aliphatic heterocycles. The lowest BCUT2D eigenvalue weighted by Gasteiger charge is -2.01. The molecule has 1 N–H and O–H groups in total. The van der Waals surface area contributed by atoms with Crippen molar-refractivity contribution in [2.45, 2.75) is 31.7 Å². The van der Waals surface area contributed by atoms with Crippen LogP contribution in [0, 0.1) is 12.7 Å². The van der Waals surface area contributed by atoms with Crippen molar-refractivity contribution in [3.05, 3.63) is 69.0 Å². The first-order valence-electron chi connectivity index (χ1n) is 7.90. The maximum atomic E-state index is 13.7. The summed E-state index contributed by atoms with van der Waals surface area (Å²) in [6.07, 6.45) is 7.37. The van der Waals surface area contributed by atoms with Crippen LogP contribution in [0.3, 0.4) is 0 Å². The van der Waals surface area contributed by atoms with Gasteiger partial charge in [-0.15, -0.1) is 0 Å². The predicted octanol–water partition coefficient (Wildman–Crippen LogP) is 6.28. The van der Waals surface area contributed by atoms with Crippen LogP contribution in [0.15, 0.2) is 57.1 Å². The van der Waals surface area contributed by atoms with Crippen molar-refractivity contribution in [2.24, 2.45) is 0 Å². The molecule has 0 saturated heterocycles. The summed E-state index contributed by atoms with van der Waals surface area (Å²) in [5, 5.41) is 12.5. The Morgan fingerprint density at radius 2 is 2.08 bits per heavy atom. The Balaban J connectivity index is 2.41. The second kappa shape index (κ2) is 9.31. The van der Waals surface area contributed by atoms with Gasteiger partial charge in [0, 0.05) is 16.3 Å². The molecule has 7 heteroatoms. The Morgan fingerprint density at radius 3 is 2.73 bits per heavy atom. The molecule has 0 aliphatic rings. The van der Waals surface area contributed by atoms with Gasteiger partial charge in [-0.05, 0) is 54.2 Å². The van der Waals surface area contributed by atoms with Gasteiger partial charge in [-0.3, -0.25) is 4.79 Å². The Labute approximate surface area is 165 Å². The van der Waals surface area contributed by atoms with Gasteiger partial charge in [-0.25, -0.2) is 4.39 Å². The summed E-state index contributed by atoms with van der Waals surface area (Å²) < 4.78 is 15.3. The highest BCUT2D eigenvalue weighted by Crippen LogP contribution is 2.33. The average Bonchev–Trinajstić information content (AvgIpc) is 2.82. The molecule has 26 heavy (non-hydrogen) atoms. The van der Waals surface area contributed by atoms with E-state index in [-0.39, 0.29) is 6.42 Å². The van der Waals surface area contributed by atoms with Crippen LogP contribution in [0.4, 0.5) is 4.39 Å². The topological polar surface area (TPSA) is 41.7 Å². The number of carboxylic acids is 1. The molecular formula is C19H18Cl2FNO2S. The van der Waals surface area contributed by atoms with E-state index in [0.717, 1.165) is 12.0 Å². The fourth-order valence-corrected chi connectivity index (χ4v) is 3.84. The fraction of sp³-hybridized carbons (Fsp3) is 0.211. The molecule has 0 atom stereocenters. The van der Waals surface area contributed by atoms with Gasteiger partial charge >= 0.3 is 5.97 Å². The van der Waals surface area contributed by atoms with Crippen molar-refractivity contribution in [3.63, 3.8) is 0 Å². The van der Waals surface area contributed by atoms with Crippen LogP contribution in [0.2, 0.25) is 0 Å². The maximum Gasteiger partial charge on any atom is 0.307 e. The largest absolute Gasteiger partial charge is 0.481 e. The highest BCUT2D eigenvalue weighted by atomic mass is 35.5. The molecule has 0 aromatic carbocycles. The van der Waals surface area contributed by atoms with Gasteiger partial charge in [0.15, 0.2) is 0 Å². The van der Waals surface area contributed by atoms with E-state index in [9.17, 15) is 9.18 Å². The molecule has 138 valence electrons. The number of allylic oxidation sites excluding steroid dienone is 5. The van der Waals surface area contributed by atoms with Gasteiger partial charge in [0.2, 0.25) is 0 Å². The van der Waals surface area contributed by atoms with E-state index in [2.05, 4.69) is 0 Å². The first-order chi connectivity index (χ1) is 12.3. The molecule has 2 rings (SSSR count). The third kappa shape index (κ3) is 5.16. The van der Waals surface area contributed by atoms with Crippen LogP contribution in [0.25, 0.3) is 5.52 Å². The molecular weight excluding hydrogens is 396 g/mol. The Morgan fingerprint density at radius 1 is 1.35 bits per heavy atom. The summed E-state index contributed by atoms with van der Waals surface area (Å²) in [7, 11) is 0. The number of thioether (sulfide) groups is 1. The average molecular weight is 414 g/mol. The van der Waals surface area contributed by atoms with Crippen LogP contribution in [0.5, 0.6) is 0 Å². The molecule has 2 aromatic heterocycles. The van der Waals surface area contributed by atoms with Crippen LogP contribution >= 0.6 is 35.0 Å². The van der Waals surface area contributed by atoms with Crippen molar-refractivity contribution < 1.29 is 14.3 Å². The lowest BCUT2D eigenvalue weighted by molar-refractivity contribution is -0.136. The SMILES string of the molecule is CC\C=C/C(Cl)=C\C(Cl)=C\Sc1c(C)c(CC(=O)O)c2ccc(F)cn12. The molecule has 2 aromatic rings. The quantitative estimate of drug-likeness (QED) is 0.429. The van der Waals surface area contributed by atoms with Gasteiger partial charge < -0.3 is 9.51 Å². The molecule has 0 amide bonds. The van der Waals surface area contributed by atoms with E-state index < -0.39 is 11.8 Å². The standard InChI is InChI=1S/C19H18Cl2FNO2S/c1-3-4-5-13(20)8-14(21)11-26-19-12(2)16(9-18(24)25)17-7-6-15(22)10-23(17)19/h4-8,10-11H,3,9H2,1-2H3,(H,24,25)/b5-4-,13-8+,14-11-. The van der Waals surface area contributed by atoms with E-state index in [1.165, 1.54) is 24.0 Å². The van der Waals surface area contributed by atoms with E-state index in [4.69, 9.17) is 28.3 Å². The Kier molecular flexibility index (Phi) is 7.38. The predicted molar refractivity (Wildman–Crippen MR) is 107 cm³/mol. The smallest absolute Gasteiger partial charge is 0.307 e. The zero-order chi connectivity index (χ0) is 19.3. The van der Waals surface area contributed by atoms with Crippen molar-refractivity contribution in [3.8, 4) is 0 Å². The number of fused-ring (bicyclic) bond motifs is 1. The number of halogens is 3. The van der Waals surface area contributed by atoms with Crippen molar-refractivity contribution in [2.75, 3.05) is 0 Å². The minimum absolute atomic E-state index is 0.132. The van der Waals surface area contributed by atoms with Crippen LogP contribution in [0.1, 0.15) is 24.5 Å². The van der Waals surface area contributed by atoms with Gasteiger partial charge in [-0.1, -0.05) is 48.0 Å². The van der Waals surface area contributed by atoms with Crippen molar-refractivity contribution in [1.82, 2.24) is 4.40 Å². The van der Waals surface area contributed by atoms with E-state index >= 15 is 0 Å². The van der Waals surface area contributed by atoms with Gasteiger partial charge in [0.1, 0.15) is 5.82 Å². The second-order valence-electron chi connectivity index (χ2n) is 5.54. The molecule has 0 bridgehead atoms. The highest BCUT2D eigenvalue weighted by molar-refractivity contribution is 8.02. The fourth-order valence-electron chi connectivity index (χ4n) is 2.47. The summed E-state index contributed by atoms with van der Waals surface area (Å²) in [6, 6.07) is 2.91. The number of carboxylic acid groups (broad SMARTS) is 1. The lowest BCUT2D eigenvalue weighted by Crippen LogP contribution is -2.00. The summed E-state index contributed by atoms with van der Waals surface area (Å²) in [4.78, 5) is 11.2. The Hall–Kier alpha value is -1.69. The zero-order valence-corrected chi connectivity index (χ0v) is 16.6. The molecule has 0 unspecified atom stereocenters. The number of nitrogens with zero attached hydrogens (tertiary/aromatic N) is 1. The van der Waals surface area contributed by atoms with Crippen molar-refractivity contribution >= 4 is 46.4 Å². The Bertz CT molecular complexity index is 916. The number of hydrogen-bond donors (Lipinski definition) is 1. The number of rotatable bonds is 7. The molecule has 3 nitrogen and oxygen atoms in total. The molecule has 0 fully saturated rings. The minimum Gasteiger partial charge on any atom is -0.481 e. The van der Waals surface area contributed by atoms with E-state index in [1.54, 1.807) is 28.0 Å². The highest BCUT2D eigenvalue weighted by Gasteiger charge is 2.17. The first kappa shape index (κ1) is 20.6. The van der Waals surface area contributed by atoms with Crippen LogP contribution in [-0.4, -0.2) is 15.5 Å². The molecule has 0 aliphatic carbocycles. The van der Waals surface area contributed by atoms with Crippen LogP contribution < -0.4 is 0 Å². The van der Waals surface area contributed by atoms with Crippen LogP contribution in [-0.2, 0) is 11.2 Å². The number of aliphatic carboxylic acids is 1. The number of carbonyl (C=O) groups is 1. The minimum atomic E-state index is -0.938. The van der Waals surface area contributed by atoms with E-state index in [1.807, 2.05) is 19.9 Å². The van der Waals surface area contributed by atoms with Gasteiger partial charge in [-0.2, -0.15) is 0 Å². The normalized spacial score (nSPS) is 13.1. The number of pyridine rings is 1.